The van der Waals surface area contributed by atoms with Gasteiger partial charge in [-0.3, -0.25) is 0 Å². The molecule has 2 aromatic rings. The number of aryl methyl sites for hydroxylation is 1. The first-order valence-corrected chi connectivity index (χ1v) is 10.3. The first-order chi connectivity index (χ1) is 13.1. The maximum atomic E-state index is 4.85. The summed E-state index contributed by atoms with van der Waals surface area (Å²) >= 11 is 3.49. The highest BCUT2D eigenvalue weighted by Crippen LogP contribution is 2.23. The molecule has 2 saturated heterocycles. The smallest absolute Gasteiger partial charge is 0.227 e. The SMILES string of the molecule is Cc1cc(Br)cnc1N1CCN(c2ccnc(N3CCN(C)CC3)n2)CC1. The monoisotopic (exact) mass is 431 g/mol. The molecule has 0 atom stereocenters. The molecule has 7 nitrogen and oxygen atoms in total. The third kappa shape index (κ3) is 4.16. The molecule has 2 aliphatic heterocycles. The fraction of sp³-hybridized carbons (Fsp3) is 0.526. The Hall–Kier alpha value is -1.93. The molecule has 8 heteroatoms. The lowest BCUT2D eigenvalue weighted by Crippen LogP contribution is -2.48. The van der Waals surface area contributed by atoms with Crippen LogP contribution in [0, 0.1) is 6.92 Å². The average Bonchev–Trinajstić information content (AvgIpc) is 2.69. The van der Waals surface area contributed by atoms with Crippen molar-refractivity contribution in [2.24, 2.45) is 0 Å². The van der Waals surface area contributed by atoms with Gasteiger partial charge in [0, 0.05) is 69.2 Å². The summed E-state index contributed by atoms with van der Waals surface area (Å²) in [4.78, 5) is 23.3. The van der Waals surface area contributed by atoms with Gasteiger partial charge in [0.05, 0.1) is 0 Å². The second-order valence-electron chi connectivity index (χ2n) is 7.27. The Morgan fingerprint density at radius 2 is 1.56 bits per heavy atom. The molecule has 144 valence electrons. The highest BCUT2D eigenvalue weighted by atomic mass is 79.9. The van der Waals surface area contributed by atoms with Crippen LogP contribution >= 0.6 is 15.9 Å². The van der Waals surface area contributed by atoms with Crippen LogP contribution in [-0.2, 0) is 0 Å². The van der Waals surface area contributed by atoms with Gasteiger partial charge in [-0.25, -0.2) is 9.97 Å². The number of hydrogen-bond acceptors (Lipinski definition) is 7. The molecule has 4 rings (SSSR count). The molecule has 2 aliphatic rings. The van der Waals surface area contributed by atoms with Crippen LogP contribution in [0.2, 0.25) is 0 Å². The highest BCUT2D eigenvalue weighted by molar-refractivity contribution is 9.10. The fourth-order valence-electron chi connectivity index (χ4n) is 3.69. The number of halogens is 1. The van der Waals surface area contributed by atoms with Crippen LogP contribution < -0.4 is 14.7 Å². The molecular weight excluding hydrogens is 406 g/mol. The number of aromatic nitrogens is 3. The molecule has 0 N–H and O–H groups in total. The van der Waals surface area contributed by atoms with Crippen LogP contribution in [-0.4, -0.2) is 79.3 Å². The van der Waals surface area contributed by atoms with E-state index < -0.39 is 0 Å². The summed E-state index contributed by atoms with van der Waals surface area (Å²) in [6.07, 6.45) is 3.77. The normalized spacial score (nSPS) is 18.9. The molecule has 0 radical (unpaired) electrons. The summed E-state index contributed by atoms with van der Waals surface area (Å²) < 4.78 is 1.03. The largest absolute Gasteiger partial charge is 0.353 e. The molecule has 0 aliphatic carbocycles. The molecule has 4 heterocycles. The van der Waals surface area contributed by atoms with Crippen LogP contribution in [0.1, 0.15) is 5.56 Å². The predicted octanol–water partition coefficient (Wildman–Crippen LogP) is 2.02. The predicted molar refractivity (Wildman–Crippen MR) is 113 cm³/mol. The summed E-state index contributed by atoms with van der Waals surface area (Å²) in [7, 11) is 2.16. The van der Waals surface area contributed by atoms with Gasteiger partial charge in [0.25, 0.3) is 0 Å². The molecular formula is C19H26BrN7. The number of rotatable bonds is 3. The van der Waals surface area contributed by atoms with E-state index in [4.69, 9.17) is 4.98 Å². The van der Waals surface area contributed by atoms with E-state index in [1.807, 2.05) is 18.5 Å². The number of anilines is 3. The Morgan fingerprint density at radius 1 is 0.889 bits per heavy atom. The molecule has 2 aromatic heterocycles. The fourth-order valence-corrected chi connectivity index (χ4v) is 4.13. The van der Waals surface area contributed by atoms with Crippen molar-refractivity contribution >= 4 is 33.5 Å². The Labute approximate surface area is 169 Å². The van der Waals surface area contributed by atoms with Crippen molar-refractivity contribution in [2.75, 3.05) is 74.1 Å². The second kappa shape index (κ2) is 7.98. The van der Waals surface area contributed by atoms with Gasteiger partial charge in [0.15, 0.2) is 0 Å². The van der Waals surface area contributed by atoms with E-state index in [2.05, 4.69) is 65.5 Å². The molecule has 2 fully saturated rings. The summed E-state index contributed by atoms with van der Waals surface area (Å²) in [5, 5.41) is 0. The molecule has 0 saturated carbocycles. The lowest BCUT2D eigenvalue weighted by molar-refractivity contribution is 0.311. The zero-order chi connectivity index (χ0) is 18.8. The van der Waals surface area contributed by atoms with E-state index in [1.165, 1.54) is 5.56 Å². The standard InChI is InChI=1S/C19H26BrN7/c1-15-13-16(20)14-22-18(15)26-11-9-25(10-12-26)17-3-4-21-19(23-17)27-7-5-24(2)6-8-27/h3-4,13-14H,5-12H2,1-2H3. The Balaban J connectivity index is 1.41. The van der Waals surface area contributed by atoms with Crippen LogP contribution in [0.3, 0.4) is 0 Å². The second-order valence-corrected chi connectivity index (χ2v) is 8.19. The van der Waals surface area contributed by atoms with Crippen LogP contribution in [0.5, 0.6) is 0 Å². The molecule has 0 amide bonds. The van der Waals surface area contributed by atoms with Gasteiger partial charge in [0.1, 0.15) is 11.6 Å². The van der Waals surface area contributed by atoms with E-state index in [-0.39, 0.29) is 0 Å². The Morgan fingerprint density at radius 3 is 2.26 bits per heavy atom. The quantitative estimate of drug-likeness (QED) is 0.736. The lowest BCUT2D eigenvalue weighted by atomic mass is 10.2. The lowest BCUT2D eigenvalue weighted by Gasteiger charge is -2.37. The first-order valence-electron chi connectivity index (χ1n) is 9.49. The van der Waals surface area contributed by atoms with E-state index in [0.29, 0.717) is 0 Å². The zero-order valence-electron chi connectivity index (χ0n) is 16.0. The minimum atomic E-state index is 0.855. The summed E-state index contributed by atoms with van der Waals surface area (Å²) in [5.41, 5.74) is 1.21. The van der Waals surface area contributed by atoms with Crippen molar-refractivity contribution in [2.45, 2.75) is 6.92 Å². The van der Waals surface area contributed by atoms with Crippen molar-refractivity contribution in [1.29, 1.82) is 0 Å². The van der Waals surface area contributed by atoms with Crippen molar-refractivity contribution in [3.05, 3.63) is 34.6 Å². The van der Waals surface area contributed by atoms with Crippen molar-refractivity contribution in [1.82, 2.24) is 19.9 Å². The van der Waals surface area contributed by atoms with Crippen molar-refractivity contribution < 1.29 is 0 Å². The Kier molecular flexibility index (Phi) is 5.45. The van der Waals surface area contributed by atoms with E-state index in [0.717, 1.165) is 74.4 Å². The molecule has 0 unspecified atom stereocenters. The van der Waals surface area contributed by atoms with Gasteiger partial charge in [-0.15, -0.1) is 0 Å². The molecule has 0 spiro atoms. The number of piperazine rings is 2. The topological polar surface area (TPSA) is 51.6 Å². The van der Waals surface area contributed by atoms with Gasteiger partial charge >= 0.3 is 0 Å². The average molecular weight is 432 g/mol. The first kappa shape index (κ1) is 18.4. The van der Waals surface area contributed by atoms with Gasteiger partial charge in [-0.05, 0) is 47.6 Å². The third-order valence-corrected chi connectivity index (χ3v) is 5.77. The van der Waals surface area contributed by atoms with Crippen molar-refractivity contribution in [3.63, 3.8) is 0 Å². The number of pyridine rings is 1. The van der Waals surface area contributed by atoms with Gasteiger partial charge in [0.2, 0.25) is 5.95 Å². The zero-order valence-corrected chi connectivity index (χ0v) is 17.6. The molecule has 0 bridgehead atoms. The number of likely N-dealkylation sites (N-methyl/N-ethyl adjacent to an activating group) is 1. The van der Waals surface area contributed by atoms with Crippen molar-refractivity contribution in [3.8, 4) is 0 Å². The van der Waals surface area contributed by atoms with Gasteiger partial charge < -0.3 is 19.6 Å². The Bertz CT molecular complexity index is 783. The summed E-state index contributed by atoms with van der Waals surface area (Å²) in [6.45, 7) is 9.99. The van der Waals surface area contributed by atoms with Crippen LogP contribution in [0.15, 0.2) is 29.0 Å². The van der Waals surface area contributed by atoms with E-state index in [9.17, 15) is 0 Å². The van der Waals surface area contributed by atoms with Gasteiger partial charge in [-0.1, -0.05) is 0 Å². The van der Waals surface area contributed by atoms with Gasteiger partial charge in [-0.2, -0.15) is 4.98 Å². The molecule has 27 heavy (non-hydrogen) atoms. The number of hydrogen-bond donors (Lipinski definition) is 0. The van der Waals surface area contributed by atoms with E-state index in [1.54, 1.807) is 0 Å². The number of nitrogens with zero attached hydrogens (tertiary/aromatic N) is 7. The minimum Gasteiger partial charge on any atom is -0.353 e. The maximum absolute atomic E-state index is 4.85. The summed E-state index contributed by atoms with van der Waals surface area (Å²) in [6, 6.07) is 4.15. The van der Waals surface area contributed by atoms with E-state index >= 15 is 0 Å². The highest BCUT2D eigenvalue weighted by Gasteiger charge is 2.22. The third-order valence-electron chi connectivity index (χ3n) is 5.33. The minimum absolute atomic E-state index is 0.855. The maximum Gasteiger partial charge on any atom is 0.227 e. The van der Waals surface area contributed by atoms with Crippen LogP contribution in [0.25, 0.3) is 0 Å². The molecule has 0 aromatic carbocycles. The summed E-state index contributed by atoms with van der Waals surface area (Å²) in [5.74, 6) is 2.96. The van der Waals surface area contributed by atoms with Crippen LogP contribution in [0.4, 0.5) is 17.6 Å².